The van der Waals surface area contributed by atoms with Crippen molar-refractivity contribution in [1.29, 1.82) is 0 Å². The maximum Gasteiger partial charge on any atom is 0.337 e. The van der Waals surface area contributed by atoms with Crippen molar-refractivity contribution >= 4 is 23.8 Å². The van der Waals surface area contributed by atoms with Crippen molar-refractivity contribution in [3.05, 3.63) is 47.0 Å². The summed E-state index contributed by atoms with van der Waals surface area (Å²) < 4.78 is 16.2. The van der Waals surface area contributed by atoms with Crippen LogP contribution < -0.4 is 15.4 Å². The monoisotopic (exact) mass is 404 g/mol. The molecule has 0 bridgehead atoms. The average molecular weight is 404 g/mol. The predicted octanol–water partition coefficient (Wildman–Crippen LogP) is 2.18. The van der Waals surface area contributed by atoms with Gasteiger partial charge in [-0.3, -0.25) is 0 Å². The van der Waals surface area contributed by atoms with Crippen molar-refractivity contribution in [3.63, 3.8) is 0 Å². The van der Waals surface area contributed by atoms with E-state index in [1.807, 2.05) is 31.2 Å². The van der Waals surface area contributed by atoms with E-state index in [0.29, 0.717) is 28.1 Å². The first-order chi connectivity index (χ1) is 13.5. The van der Waals surface area contributed by atoms with E-state index in [0.717, 1.165) is 5.56 Å². The van der Waals surface area contributed by atoms with Crippen LogP contribution in [-0.4, -0.2) is 41.1 Å². The third-order valence-corrected chi connectivity index (χ3v) is 4.56. The Balaban J connectivity index is 1.59. The molecular weight excluding hydrogens is 384 g/mol. The third kappa shape index (κ3) is 5.26. The van der Waals surface area contributed by atoms with Gasteiger partial charge in [0.25, 0.3) is 11.1 Å². The summed E-state index contributed by atoms with van der Waals surface area (Å²) in [6, 6.07) is 7.27. The summed E-state index contributed by atoms with van der Waals surface area (Å²) in [6.45, 7) is 4.21. The number of hydrogen-bond donors (Lipinski definition) is 2. The average Bonchev–Trinajstić information content (AvgIpc) is 3.13. The number of thioether (sulfide) groups is 1. The molecular formula is C18H20N4O5S. The van der Waals surface area contributed by atoms with Crippen LogP contribution in [0.2, 0.25) is 0 Å². The molecule has 0 saturated carbocycles. The van der Waals surface area contributed by atoms with Crippen LogP contribution in [-0.2, 0) is 16.1 Å². The number of carbonyl (C=O) groups is 2. The molecule has 3 rings (SSSR count). The molecule has 2 amide bonds. The van der Waals surface area contributed by atoms with E-state index in [9.17, 15) is 9.59 Å². The number of nitrogens with zero attached hydrogens (tertiary/aromatic N) is 2. The molecule has 0 atom stereocenters. The second kappa shape index (κ2) is 9.27. The summed E-state index contributed by atoms with van der Waals surface area (Å²) >= 11 is 1.21. The van der Waals surface area contributed by atoms with Gasteiger partial charge in [0.2, 0.25) is 0 Å². The molecule has 9 nitrogen and oxygen atoms in total. The molecule has 0 aliphatic carbocycles. The summed E-state index contributed by atoms with van der Waals surface area (Å²) in [5, 5.41) is 13.4. The number of benzene rings is 1. The highest BCUT2D eigenvalue weighted by molar-refractivity contribution is 7.99. The van der Waals surface area contributed by atoms with Gasteiger partial charge in [-0.15, -0.1) is 10.2 Å². The lowest BCUT2D eigenvalue weighted by molar-refractivity contribution is -0.138. The van der Waals surface area contributed by atoms with Crippen molar-refractivity contribution < 1.29 is 23.5 Å². The minimum atomic E-state index is -0.469. The molecule has 0 saturated heterocycles. The molecule has 2 N–H and O–H groups in total. The van der Waals surface area contributed by atoms with E-state index in [4.69, 9.17) is 13.9 Å². The lowest BCUT2D eigenvalue weighted by Gasteiger charge is -2.20. The highest BCUT2D eigenvalue weighted by Crippen LogP contribution is 2.22. The summed E-state index contributed by atoms with van der Waals surface area (Å²) in [6.07, 6.45) is 0. The molecule has 1 aromatic heterocycles. The maximum atomic E-state index is 12.0. The summed E-state index contributed by atoms with van der Waals surface area (Å²) in [5.41, 5.74) is 1.92. The Hall–Kier alpha value is -3.01. The Bertz CT molecular complexity index is 896. The van der Waals surface area contributed by atoms with Crippen molar-refractivity contribution in [2.24, 2.45) is 0 Å². The van der Waals surface area contributed by atoms with E-state index in [2.05, 4.69) is 20.8 Å². The number of carbonyl (C=O) groups excluding carboxylic acids is 2. The second-order valence-electron chi connectivity index (χ2n) is 5.84. The maximum absolute atomic E-state index is 12.0. The Morgan fingerprint density at radius 3 is 3.00 bits per heavy atom. The molecule has 0 unspecified atom stereocenters. The topological polar surface area (TPSA) is 116 Å². The number of urea groups is 1. The summed E-state index contributed by atoms with van der Waals surface area (Å²) in [7, 11) is 0. The molecule has 28 heavy (non-hydrogen) atoms. The quantitative estimate of drug-likeness (QED) is 0.508. The molecule has 1 aliphatic heterocycles. The third-order valence-electron chi connectivity index (χ3n) is 3.72. The van der Waals surface area contributed by atoms with Crippen LogP contribution in [0.5, 0.6) is 5.75 Å². The molecule has 1 aliphatic rings. The Morgan fingerprint density at radius 1 is 1.36 bits per heavy atom. The Kier molecular flexibility index (Phi) is 6.53. The Labute approximate surface area is 165 Å². The first kappa shape index (κ1) is 19.7. The number of aromatic nitrogens is 2. The number of nitrogens with one attached hydrogen (secondary N) is 2. The number of esters is 1. The fourth-order valence-corrected chi connectivity index (χ4v) is 3.18. The van der Waals surface area contributed by atoms with E-state index in [1.165, 1.54) is 11.8 Å². The number of aryl methyl sites for hydroxylation is 1. The van der Waals surface area contributed by atoms with Gasteiger partial charge in [0.05, 0.1) is 18.7 Å². The summed E-state index contributed by atoms with van der Waals surface area (Å²) in [5.74, 6) is 0.859. The van der Waals surface area contributed by atoms with Gasteiger partial charge in [-0.1, -0.05) is 23.9 Å². The zero-order valence-electron chi connectivity index (χ0n) is 15.5. The molecule has 1 aromatic carbocycles. The minimum Gasteiger partial charge on any atom is -0.484 e. The van der Waals surface area contributed by atoms with Crippen LogP contribution in [0.1, 0.15) is 18.4 Å². The van der Waals surface area contributed by atoms with Gasteiger partial charge in [0.15, 0.2) is 6.61 Å². The van der Waals surface area contributed by atoms with Crippen molar-refractivity contribution in [3.8, 4) is 5.75 Å². The van der Waals surface area contributed by atoms with E-state index < -0.39 is 5.97 Å². The number of ether oxygens (including phenoxy) is 2. The summed E-state index contributed by atoms with van der Waals surface area (Å²) in [4.78, 5) is 23.6. The highest BCUT2D eigenvalue weighted by atomic mass is 32.2. The predicted molar refractivity (Wildman–Crippen MR) is 101 cm³/mol. The van der Waals surface area contributed by atoms with Crippen LogP contribution in [0.15, 0.2) is 45.2 Å². The van der Waals surface area contributed by atoms with Crippen LogP contribution in [0, 0.1) is 6.92 Å². The van der Waals surface area contributed by atoms with Gasteiger partial charge in [-0.25, -0.2) is 9.59 Å². The molecule has 0 fully saturated rings. The van der Waals surface area contributed by atoms with Crippen molar-refractivity contribution in [2.75, 3.05) is 18.9 Å². The SMILES string of the molecule is CCOC(=O)C1=C(CSc2nnc(COc3cccc(C)c3)o2)NC(=O)NC1. The normalized spacial score (nSPS) is 13.7. The lowest BCUT2D eigenvalue weighted by Crippen LogP contribution is -2.44. The largest absolute Gasteiger partial charge is 0.484 e. The molecule has 2 heterocycles. The zero-order chi connectivity index (χ0) is 19.9. The standard InChI is InChI=1S/C18H20N4O5S/c1-3-25-16(23)13-8-19-17(24)20-14(13)10-28-18-22-21-15(27-18)9-26-12-6-4-5-11(2)7-12/h4-7H,3,8-10H2,1-2H3,(H2,19,20,24). The molecule has 0 spiro atoms. The van der Waals surface area contributed by atoms with Gasteiger partial charge >= 0.3 is 12.0 Å². The van der Waals surface area contributed by atoms with Crippen LogP contribution >= 0.6 is 11.8 Å². The lowest BCUT2D eigenvalue weighted by atomic mass is 10.2. The second-order valence-corrected chi connectivity index (χ2v) is 6.77. The molecule has 2 aromatic rings. The first-order valence-electron chi connectivity index (χ1n) is 8.63. The van der Waals surface area contributed by atoms with Crippen LogP contribution in [0.4, 0.5) is 4.79 Å². The fourth-order valence-electron chi connectivity index (χ4n) is 2.41. The molecule has 148 valence electrons. The van der Waals surface area contributed by atoms with Gasteiger partial charge in [-0.2, -0.15) is 0 Å². The van der Waals surface area contributed by atoms with Crippen molar-refractivity contribution in [2.45, 2.75) is 25.7 Å². The highest BCUT2D eigenvalue weighted by Gasteiger charge is 2.24. The smallest absolute Gasteiger partial charge is 0.337 e. The fraction of sp³-hybridized carbons (Fsp3) is 0.333. The first-order valence-corrected chi connectivity index (χ1v) is 9.62. The minimum absolute atomic E-state index is 0.111. The number of amides is 2. The van der Waals surface area contributed by atoms with Crippen molar-refractivity contribution in [1.82, 2.24) is 20.8 Å². The number of hydrogen-bond acceptors (Lipinski definition) is 8. The van der Waals surface area contributed by atoms with Gasteiger partial charge < -0.3 is 24.5 Å². The van der Waals surface area contributed by atoms with Gasteiger partial charge in [0, 0.05) is 11.4 Å². The van der Waals surface area contributed by atoms with E-state index >= 15 is 0 Å². The Morgan fingerprint density at radius 2 is 2.21 bits per heavy atom. The zero-order valence-corrected chi connectivity index (χ0v) is 16.3. The molecule has 0 radical (unpaired) electrons. The number of rotatable bonds is 8. The molecule has 10 heteroatoms. The van der Waals surface area contributed by atoms with Gasteiger partial charge in [-0.05, 0) is 31.5 Å². The van der Waals surface area contributed by atoms with Crippen LogP contribution in [0.3, 0.4) is 0 Å². The van der Waals surface area contributed by atoms with E-state index in [-0.39, 0.29) is 31.5 Å². The van der Waals surface area contributed by atoms with Crippen LogP contribution in [0.25, 0.3) is 0 Å². The van der Waals surface area contributed by atoms with Gasteiger partial charge in [0.1, 0.15) is 5.75 Å². The van der Waals surface area contributed by atoms with E-state index in [1.54, 1.807) is 6.92 Å².